The number of rotatable bonds is 0. The van der Waals surface area contributed by atoms with Crippen LogP contribution in [-0.2, 0) is 4.84 Å². The predicted octanol–water partition coefficient (Wildman–Crippen LogP) is 2.21. The van der Waals surface area contributed by atoms with E-state index >= 15 is 0 Å². The highest BCUT2D eigenvalue weighted by atomic mass is 19.1. The minimum atomic E-state index is -0.488. The first kappa shape index (κ1) is 18.3. The maximum atomic E-state index is 14.0. The number of pyridine rings is 1. The van der Waals surface area contributed by atoms with Crippen molar-refractivity contribution in [2.24, 2.45) is 0 Å². The zero-order valence-corrected chi connectivity index (χ0v) is 15.9. The van der Waals surface area contributed by atoms with E-state index in [2.05, 4.69) is 25.2 Å². The van der Waals surface area contributed by atoms with Gasteiger partial charge in [0, 0.05) is 18.1 Å². The van der Waals surface area contributed by atoms with E-state index in [-0.39, 0.29) is 35.6 Å². The van der Waals surface area contributed by atoms with Gasteiger partial charge in [0.1, 0.15) is 18.0 Å². The fourth-order valence-electron chi connectivity index (χ4n) is 3.63. The number of hydroxylamine groups is 1. The number of fused-ring (bicyclic) bond motifs is 5. The van der Waals surface area contributed by atoms with Crippen molar-refractivity contribution in [3.63, 3.8) is 0 Å². The molecule has 2 bridgehead atoms. The lowest BCUT2D eigenvalue weighted by atomic mass is 10.1. The van der Waals surface area contributed by atoms with E-state index in [0.717, 1.165) is 6.20 Å². The number of nitrogens with one attached hydrogen (secondary N) is 1. The summed E-state index contributed by atoms with van der Waals surface area (Å²) in [6.45, 7) is 9.64. The maximum Gasteiger partial charge on any atom is 0.310 e. The highest BCUT2D eigenvalue weighted by Crippen LogP contribution is 2.38. The smallest absolute Gasteiger partial charge is 0.310 e. The van der Waals surface area contributed by atoms with Crippen LogP contribution in [0, 0.1) is 12.4 Å². The number of aromatic nitrogens is 4. The molecule has 0 saturated carbocycles. The minimum absolute atomic E-state index is 0.0499. The molecule has 152 valence electrons. The van der Waals surface area contributed by atoms with Gasteiger partial charge in [0.25, 0.3) is 0 Å². The standard InChI is InChI=1S/C19H16FN7O3/c1-10-9-29-19-12(7-11(20)8-22-19)13-4-6-30-27(13)14-3-5-26-17(24-14)15(18(28)23-10)16(21-2)25-26/h3,5,7-8,10,13H,4,6,9H2,1H3,(H,23,28)/t10-,13+/m1/s1. The molecule has 5 rings (SSSR count). The van der Waals surface area contributed by atoms with Crippen molar-refractivity contribution in [3.8, 4) is 5.88 Å². The number of hydrogen-bond donors (Lipinski definition) is 1. The van der Waals surface area contributed by atoms with Crippen LogP contribution in [0.5, 0.6) is 5.88 Å². The van der Waals surface area contributed by atoms with Crippen LogP contribution in [0.15, 0.2) is 24.5 Å². The molecule has 3 aromatic rings. The largest absolute Gasteiger partial charge is 0.475 e. The molecule has 0 aromatic carbocycles. The average Bonchev–Trinajstić information content (AvgIpc) is 3.36. The summed E-state index contributed by atoms with van der Waals surface area (Å²) in [6.07, 6.45) is 3.26. The molecule has 0 aliphatic carbocycles. The highest BCUT2D eigenvalue weighted by Gasteiger charge is 2.34. The van der Waals surface area contributed by atoms with E-state index in [9.17, 15) is 9.18 Å². The third-order valence-electron chi connectivity index (χ3n) is 4.97. The Balaban J connectivity index is 1.72. The monoisotopic (exact) mass is 409 g/mol. The van der Waals surface area contributed by atoms with Crippen LogP contribution in [0.1, 0.15) is 35.3 Å². The summed E-state index contributed by atoms with van der Waals surface area (Å²) in [7, 11) is 0. The minimum Gasteiger partial charge on any atom is -0.475 e. The third-order valence-corrected chi connectivity index (χ3v) is 4.97. The molecule has 1 fully saturated rings. The van der Waals surface area contributed by atoms with E-state index < -0.39 is 17.8 Å². The molecule has 0 spiro atoms. The summed E-state index contributed by atoms with van der Waals surface area (Å²) in [5.41, 5.74) is 0.841. The molecule has 1 saturated heterocycles. The molecule has 0 radical (unpaired) electrons. The zero-order valence-electron chi connectivity index (χ0n) is 15.9. The summed E-state index contributed by atoms with van der Waals surface area (Å²) in [5, 5.41) is 8.49. The molecule has 1 N–H and O–H groups in total. The third kappa shape index (κ3) is 2.89. The number of halogens is 1. The zero-order chi connectivity index (χ0) is 20.8. The topological polar surface area (TPSA) is 98.2 Å². The Morgan fingerprint density at radius 1 is 1.43 bits per heavy atom. The molecule has 2 aliphatic rings. The van der Waals surface area contributed by atoms with Gasteiger partial charge < -0.3 is 14.9 Å². The van der Waals surface area contributed by atoms with Crippen molar-refractivity contribution in [3.05, 3.63) is 52.9 Å². The van der Waals surface area contributed by atoms with Gasteiger partial charge >= 0.3 is 5.82 Å². The Morgan fingerprint density at radius 3 is 3.13 bits per heavy atom. The first-order valence-electron chi connectivity index (χ1n) is 9.33. The number of amides is 1. The number of ether oxygens (including phenoxy) is 1. The summed E-state index contributed by atoms with van der Waals surface area (Å²) < 4.78 is 21.2. The molecule has 0 unspecified atom stereocenters. The number of carbonyl (C=O) groups excluding carboxylic acids is 1. The van der Waals surface area contributed by atoms with Gasteiger partial charge in [-0.25, -0.2) is 19.4 Å². The number of carbonyl (C=O) groups is 1. The van der Waals surface area contributed by atoms with E-state index in [1.165, 1.54) is 10.6 Å². The van der Waals surface area contributed by atoms with Crippen LogP contribution in [0.4, 0.5) is 16.0 Å². The second kappa shape index (κ2) is 6.93. The van der Waals surface area contributed by atoms with Crippen molar-refractivity contribution in [1.29, 1.82) is 0 Å². The summed E-state index contributed by atoms with van der Waals surface area (Å²) in [6, 6.07) is 2.23. The van der Waals surface area contributed by atoms with Gasteiger partial charge in [-0.1, -0.05) is 6.57 Å². The molecule has 5 heterocycles. The molecule has 10 nitrogen and oxygen atoms in total. The Bertz CT molecular complexity index is 1200. The van der Waals surface area contributed by atoms with E-state index in [4.69, 9.17) is 16.1 Å². The van der Waals surface area contributed by atoms with Gasteiger partial charge in [0.15, 0.2) is 11.5 Å². The van der Waals surface area contributed by atoms with Crippen molar-refractivity contribution < 1.29 is 18.8 Å². The Labute approximate surface area is 170 Å². The summed E-state index contributed by atoms with van der Waals surface area (Å²) >= 11 is 0. The second-order valence-electron chi connectivity index (χ2n) is 7.06. The van der Waals surface area contributed by atoms with Crippen molar-refractivity contribution >= 4 is 23.2 Å². The Kier molecular flexibility index (Phi) is 4.22. The van der Waals surface area contributed by atoms with Gasteiger partial charge in [-0.15, -0.1) is 4.52 Å². The first-order chi connectivity index (χ1) is 14.5. The van der Waals surface area contributed by atoms with E-state index in [0.29, 0.717) is 24.4 Å². The lowest BCUT2D eigenvalue weighted by Crippen LogP contribution is -2.37. The highest BCUT2D eigenvalue weighted by molar-refractivity contribution is 6.05. The normalized spacial score (nSPS) is 21.0. The first-order valence-corrected chi connectivity index (χ1v) is 9.33. The quantitative estimate of drug-likeness (QED) is 0.569. The molecule has 3 aromatic heterocycles. The van der Waals surface area contributed by atoms with Crippen LogP contribution >= 0.6 is 0 Å². The van der Waals surface area contributed by atoms with Crippen LogP contribution < -0.4 is 15.1 Å². The van der Waals surface area contributed by atoms with Gasteiger partial charge in [0.2, 0.25) is 11.8 Å². The van der Waals surface area contributed by atoms with Gasteiger partial charge in [-0.05, 0) is 18.1 Å². The number of anilines is 1. The fourth-order valence-corrected chi connectivity index (χ4v) is 3.63. The van der Waals surface area contributed by atoms with Crippen LogP contribution in [0.25, 0.3) is 10.5 Å². The Morgan fingerprint density at radius 2 is 2.30 bits per heavy atom. The summed E-state index contributed by atoms with van der Waals surface area (Å²) in [5.74, 6) is -0.354. The lowest BCUT2D eigenvalue weighted by molar-refractivity contribution is 0.0928. The van der Waals surface area contributed by atoms with Gasteiger partial charge in [-0.3, -0.25) is 9.63 Å². The molecular weight excluding hydrogens is 393 g/mol. The maximum absolute atomic E-state index is 14.0. The number of nitrogens with zero attached hydrogens (tertiary/aromatic N) is 6. The summed E-state index contributed by atoms with van der Waals surface area (Å²) in [4.78, 5) is 30.7. The molecule has 30 heavy (non-hydrogen) atoms. The SMILES string of the molecule is [C-]#[N+]c1nn2ccc3nc2c1C(=O)N[C@H](C)COc1ncc(F)cc1[C@@H]1CCON31. The van der Waals surface area contributed by atoms with Crippen LogP contribution in [0.3, 0.4) is 0 Å². The van der Waals surface area contributed by atoms with Gasteiger partial charge in [0.05, 0.1) is 31.1 Å². The molecule has 1 amide bonds. The van der Waals surface area contributed by atoms with Crippen LogP contribution in [-0.4, -0.2) is 44.7 Å². The van der Waals surface area contributed by atoms with E-state index in [1.807, 2.05) is 0 Å². The van der Waals surface area contributed by atoms with Crippen LogP contribution in [0.2, 0.25) is 0 Å². The molecular formula is C19H16FN7O3. The van der Waals surface area contributed by atoms with Crippen molar-refractivity contribution in [2.45, 2.75) is 25.4 Å². The number of hydrogen-bond acceptors (Lipinski definition) is 7. The van der Waals surface area contributed by atoms with E-state index in [1.54, 1.807) is 24.3 Å². The van der Waals surface area contributed by atoms with Crippen molar-refractivity contribution in [2.75, 3.05) is 18.3 Å². The molecule has 2 atom stereocenters. The second-order valence-corrected chi connectivity index (χ2v) is 7.06. The predicted molar refractivity (Wildman–Crippen MR) is 102 cm³/mol. The molecule has 11 heteroatoms. The lowest BCUT2D eigenvalue weighted by Gasteiger charge is -2.25. The van der Waals surface area contributed by atoms with Gasteiger partial charge in [-0.2, -0.15) is 0 Å². The Hall–Kier alpha value is -3.78. The van der Waals surface area contributed by atoms with Crippen molar-refractivity contribution in [1.82, 2.24) is 24.9 Å². The molecule has 2 aliphatic heterocycles. The average molecular weight is 409 g/mol. The fraction of sp³-hybridized carbons (Fsp3) is 0.316.